The van der Waals surface area contributed by atoms with E-state index in [4.69, 9.17) is 22.3 Å². The summed E-state index contributed by atoms with van der Waals surface area (Å²) in [5.74, 6) is 1.94. The van der Waals surface area contributed by atoms with E-state index in [1.165, 1.54) is 12.8 Å². The number of hydrazine groups is 1. The lowest BCUT2D eigenvalue weighted by Crippen LogP contribution is -2.54. The number of halogens is 1. The van der Waals surface area contributed by atoms with Crippen molar-refractivity contribution in [2.45, 2.75) is 51.1 Å². The summed E-state index contributed by atoms with van der Waals surface area (Å²) in [6, 6.07) is 5.13. The van der Waals surface area contributed by atoms with Crippen molar-refractivity contribution in [2.75, 3.05) is 25.4 Å². The largest absolute Gasteiger partial charge is 0.398 e. The molecule has 0 saturated carbocycles. The minimum Gasteiger partial charge on any atom is -0.398 e. The Labute approximate surface area is 188 Å². The number of hydrogen-bond donors (Lipinski definition) is 2. The molecule has 5 rings (SSSR count). The molecule has 1 aromatic carbocycles. The first-order valence-corrected chi connectivity index (χ1v) is 11.5. The summed E-state index contributed by atoms with van der Waals surface area (Å²) in [5, 5.41) is 2.53. The van der Waals surface area contributed by atoms with Crippen molar-refractivity contribution in [3.8, 4) is 0 Å². The number of nitrogens with zero attached hydrogens (tertiary/aromatic N) is 4. The van der Waals surface area contributed by atoms with E-state index in [1.54, 1.807) is 18.2 Å². The highest BCUT2D eigenvalue weighted by Gasteiger charge is 2.38. The molecule has 0 radical (unpaired) electrons. The number of carbonyl (C=O) groups is 1. The molecule has 4 heterocycles. The SMILES string of the molecule is CC1=CN2NC(C3CCCCN3C(=O)c3cc(Cl)ccc3N)C=C2N=C1N1CCCC1. The second-order valence-electron chi connectivity index (χ2n) is 8.78. The van der Waals surface area contributed by atoms with Gasteiger partial charge in [0.25, 0.3) is 5.91 Å². The molecular formula is C23H29ClN6O. The maximum Gasteiger partial charge on any atom is 0.256 e. The Hall–Kier alpha value is -2.51. The molecule has 0 aromatic heterocycles. The van der Waals surface area contributed by atoms with Gasteiger partial charge in [0.15, 0.2) is 0 Å². The molecule has 4 aliphatic rings. The molecule has 2 unspecified atom stereocenters. The van der Waals surface area contributed by atoms with Crippen molar-refractivity contribution in [1.29, 1.82) is 0 Å². The van der Waals surface area contributed by atoms with Gasteiger partial charge >= 0.3 is 0 Å². The van der Waals surface area contributed by atoms with E-state index in [-0.39, 0.29) is 18.0 Å². The van der Waals surface area contributed by atoms with Crippen LogP contribution in [-0.4, -0.2) is 58.3 Å². The quantitative estimate of drug-likeness (QED) is 0.689. The van der Waals surface area contributed by atoms with E-state index >= 15 is 0 Å². The van der Waals surface area contributed by atoms with Crippen LogP contribution in [0.4, 0.5) is 5.69 Å². The molecule has 4 aliphatic heterocycles. The van der Waals surface area contributed by atoms with Crippen molar-refractivity contribution in [1.82, 2.24) is 20.2 Å². The monoisotopic (exact) mass is 440 g/mol. The van der Waals surface area contributed by atoms with Gasteiger partial charge in [0.2, 0.25) is 0 Å². The standard InChI is InChI=1S/C23H29ClN6O/c1-15-14-30-21(26-22(15)28-9-4-5-10-28)13-19(27-30)20-6-2-3-11-29(20)23(31)17-12-16(24)7-8-18(17)25/h7-8,12-14,19-20,27H,2-6,9-11,25H2,1H3. The van der Waals surface area contributed by atoms with Gasteiger partial charge in [-0.2, -0.15) is 0 Å². The smallest absolute Gasteiger partial charge is 0.256 e. The number of carbonyl (C=O) groups excluding carboxylic acids is 1. The van der Waals surface area contributed by atoms with Gasteiger partial charge in [0, 0.05) is 42.1 Å². The van der Waals surface area contributed by atoms with Gasteiger partial charge in [-0.15, -0.1) is 0 Å². The molecule has 0 bridgehead atoms. The molecule has 31 heavy (non-hydrogen) atoms. The van der Waals surface area contributed by atoms with Crippen LogP contribution < -0.4 is 11.2 Å². The number of aliphatic imine (C=N–C) groups is 1. The minimum absolute atomic E-state index is 0.00499. The topological polar surface area (TPSA) is 77.2 Å². The molecular weight excluding hydrogens is 412 g/mol. The fourth-order valence-electron chi connectivity index (χ4n) is 5.04. The Bertz CT molecular complexity index is 980. The van der Waals surface area contributed by atoms with Crippen LogP contribution >= 0.6 is 11.6 Å². The molecule has 1 amide bonds. The van der Waals surface area contributed by atoms with Crippen LogP contribution in [0.25, 0.3) is 0 Å². The molecule has 2 fully saturated rings. The number of likely N-dealkylation sites (tertiary alicyclic amines) is 2. The van der Waals surface area contributed by atoms with E-state index < -0.39 is 0 Å². The van der Waals surface area contributed by atoms with Crippen LogP contribution in [0.3, 0.4) is 0 Å². The third-order valence-electron chi connectivity index (χ3n) is 6.64. The van der Waals surface area contributed by atoms with Crippen molar-refractivity contribution in [3.63, 3.8) is 0 Å². The average Bonchev–Trinajstić information content (AvgIpc) is 3.44. The van der Waals surface area contributed by atoms with E-state index in [9.17, 15) is 4.79 Å². The zero-order chi connectivity index (χ0) is 21.5. The van der Waals surface area contributed by atoms with Crippen LogP contribution in [0.1, 0.15) is 49.4 Å². The van der Waals surface area contributed by atoms with Crippen LogP contribution in [0.15, 0.2) is 46.9 Å². The summed E-state index contributed by atoms with van der Waals surface area (Å²) < 4.78 is 0. The first-order chi connectivity index (χ1) is 15.0. The van der Waals surface area contributed by atoms with E-state index in [0.29, 0.717) is 22.8 Å². The van der Waals surface area contributed by atoms with Crippen LogP contribution in [0, 0.1) is 0 Å². The Morgan fingerprint density at radius 3 is 2.77 bits per heavy atom. The summed E-state index contributed by atoms with van der Waals surface area (Å²) in [7, 11) is 0. The van der Waals surface area contributed by atoms with Gasteiger partial charge in [0.1, 0.15) is 11.7 Å². The molecule has 8 heteroatoms. The lowest BCUT2D eigenvalue weighted by atomic mass is 9.94. The molecule has 2 saturated heterocycles. The number of nitrogen functional groups attached to an aromatic ring is 1. The summed E-state index contributed by atoms with van der Waals surface area (Å²) in [4.78, 5) is 22.7. The number of anilines is 1. The van der Waals surface area contributed by atoms with Gasteiger partial charge in [-0.05, 0) is 63.3 Å². The first-order valence-electron chi connectivity index (χ1n) is 11.2. The number of fused-ring (bicyclic) bond motifs is 1. The molecule has 7 nitrogen and oxygen atoms in total. The number of amidine groups is 1. The van der Waals surface area contributed by atoms with Gasteiger partial charge in [-0.3, -0.25) is 9.80 Å². The fraction of sp³-hybridized carbons (Fsp3) is 0.478. The molecule has 1 aromatic rings. The van der Waals surface area contributed by atoms with Crippen molar-refractivity contribution in [3.05, 3.63) is 52.5 Å². The normalized spacial score (nSPS) is 25.9. The van der Waals surface area contributed by atoms with Crippen LogP contribution in [0.2, 0.25) is 5.02 Å². The maximum absolute atomic E-state index is 13.4. The number of nitrogens with two attached hydrogens (primary N) is 1. The molecule has 2 atom stereocenters. The molecule has 0 aliphatic carbocycles. The van der Waals surface area contributed by atoms with Crippen molar-refractivity contribution >= 4 is 29.0 Å². The second-order valence-corrected chi connectivity index (χ2v) is 9.22. The lowest BCUT2D eigenvalue weighted by Gasteiger charge is -2.39. The Kier molecular flexibility index (Phi) is 5.40. The second kappa shape index (κ2) is 8.20. The van der Waals surface area contributed by atoms with Gasteiger partial charge in [0.05, 0.1) is 17.6 Å². The number of rotatable bonds is 2. The lowest BCUT2D eigenvalue weighted by molar-refractivity contribution is 0.0562. The number of benzene rings is 1. The number of nitrogens with one attached hydrogen (secondary N) is 1. The summed E-state index contributed by atoms with van der Waals surface area (Å²) in [5.41, 5.74) is 11.8. The minimum atomic E-state index is -0.0530. The molecule has 3 N–H and O–H groups in total. The Morgan fingerprint density at radius 1 is 1.19 bits per heavy atom. The van der Waals surface area contributed by atoms with E-state index in [0.717, 1.165) is 49.6 Å². The zero-order valence-corrected chi connectivity index (χ0v) is 18.6. The van der Waals surface area contributed by atoms with Gasteiger partial charge in [-0.25, -0.2) is 10.4 Å². The third-order valence-corrected chi connectivity index (χ3v) is 6.87. The number of piperidine rings is 1. The number of amides is 1. The third kappa shape index (κ3) is 3.81. The summed E-state index contributed by atoms with van der Waals surface area (Å²) in [6.45, 7) is 4.97. The van der Waals surface area contributed by atoms with E-state index in [2.05, 4.69) is 29.5 Å². The van der Waals surface area contributed by atoms with Crippen molar-refractivity contribution in [2.24, 2.45) is 4.99 Å². The summed E-state index contributed by atoms with van der Waals surface area (Å²) in [6.07, 6.45) is 9.76. The fourth-order valence-corrected chi connectivity index (χ4v) is 5.22. The van der Waals surface area contributed by atoms with Crippen LogP contribution in [0.5, 0.6) is 0 Å². The van der Waals surface area contributed by atoms with Gasteiger partial charge in [-0.1, -0.05) is 11.6 Å². The highest BCUT2D eigenvalue weighted by atomic mass is 35.5. The highest BCUT2D eigenvalue weighted by molar-refractivity contribution is 6.31. The Morgan fingerprint density at radius 2 is 1.97 bits per heavy atom. The highest BCUT2D eigenvalue weighted by Crippen LogP contribution is 2.31. The number of hydrogen-bond acceptors (Lipinski definition) is 6. The summed E-state index contributed by atoms with van der Waals surface area (Å²) >= 11 is 6.15. The van der Waals surface area contributed by atoms with E-state index in [1.807, 2.05) is 9.91 Å². The Balaban J connectivity index is 1.40. The predicted molar refractivity (Wildman–Crippen MR) is 123 cm³/mol. The maximum atomic E-state index is 13.4. The average molecular weight is 441 g/mol. The van der Waals surface area contributed by atoms with Gasteiger partial charge < -0.3 is 15.5 Å². The molecule has 164 valence electrons. The predicted octanol–water partition coefficient (Wildman–Crippen LogP) is 3.36. The zero-order valence-electron chi connectivity index (χ0n) is 17.9. The first kappa shape index (κ1) is 20.4. The van der Waals surface area contributed by atoms with Crippen molar-refractivity contribution < 1.29 is 4.79 Å². The van der Waals surface area contributed by atoms with Crippen LogP contribution in [-0.2, 0) is 0 Å². The molecule has 0 spiro atoms.